The summed E-state index contributed by atoms with van der Waals surface area (Å²) in [5.41, 5.74) is 14.3. The predicted octanol–water partition coefficient (Wildman–Crippen LogP) is 4.91. The van der Waals surface area contributed by atoms with E-state index in [1.54, 1.807) is 24.4 Å². The van der Waals surface area contributed by atoms with Crippen LogP contribution in [0.4, 0.5) is 8.78 Å². The highest BCUT2D eigenvalue weighted by Crippen LogP contribution is 2.50. The van der Waals surface area contributed by atoms with Gasteiger partial charge >= 0.3 is 5.69 Å². The average molecular weight is 638 g/mol. The Morgan fingerprint density at radius 3 is 2.78 bits per heavy atom. The number of hydrogen-bond acceptors (Lipinski definition) is 6. The second-order valence-electron chi connectivity index (χ2n) is 12.8. The number of nitrogens with zero attached hydrogens (tertiary/aromatic N) is 3. The van der Waals surface area contributed by atoms with Gasteiger partial charge in [0.25, 0.3) is 0 Å². The highest BCUT2D eigenvalue weighted by Gasteiger charge is 2.59. The molecule has 1 aliphatic heterocycles. The monoisotopic (exact) mass is 637 g/mol. The van der Waals surface area contributed by atoms with Crippen LogP contribution in [0.2, 0.25) is 5.02 Å². The van der Waals surface area contributed by atoms with Crippen LogP contribution in [0.3, 0.4) is 0 Å². The summed E-state index contributed by atoms with van der Waals surface area (Å²) in [4.78, 5) is 24.5. The molecule has 2 unspecified atom stereocenters. The van der Waals surface area contributed by atoms with E-state index in [4.69, 9.17) is 27.8 Å². The van der Waals surface area contributed by atoms with Crippen molar-refractivity contribution in [1.29, 1.82) is 0 Å². The van der Waals surface area contributed by atoms with Crippen LogP contribution in [0.1, 0.15) is 50.7 Å². The van der Waals surface area contributed by atoms with Gasteiger partial charge in [0.1, 0.15) is 18.2 Å². The van der Waals surface area contributed by atoms with Gasteiger partial charge in [-0.05, 0) is 81.0 Å². The average Bonchev–Trinajstić information content (AvgIpc) is 3.60. The lowest BCUT2D eigenvalue weighted by Gasteiger charge is -2.31. The van der Waals surface area contributed by atoms with Crippen LogP contribution in [-0.4, -0.2) is 57.9 Å². The lowest BCUT2D eigenvalue weighted by Crippen LogP contribution is -2.48. The molecule has 3 heterocycles. The number of morpholine rings is 1. The summed E-state index contributed by atoms with van der Waals surface area (Å²) in [5.74, 6) is -0.530. The molecule has 0 amide bonds. The van der Waals surface area contributed by atoms with Gasteiger partial charge < -0.3 is 21.2 Å². The molecule has 1 aliphatic carbocycles. The first-order valence-electron chi connectivity index (χ1n) is 15.2. The number of aliphatic imine (C=N–C) groups is 1. The van der Waals surface area contributed by atoms with Crippen molar-refractivity contribution in [3.05, 3.63) is 81.1 Å². The topological polar surface area (TPSA) is 136 Å². The van der Waals surface area contributed by atoms with Gasteiger partial charge in [0.05, 0.1) is 34.7 Å². The highest BCUT2D eigenvalue weighted by atomic mass is 35.5. The number of H-pyrrole nitrogens is 1. The SMILES string of the molecule is CC(C)(N)CCCc1cc(Cl)c(F)c(-c2cc3cn(-c4ccc(C56CC5OC[C@@H](CCN=C(N)CF)N6)cc4)c(=O)nc3[nH]2)c1. The number of alkyl halides is 1. The van der Waals surface area contributed by atoms with Crippen LogP contribution in [0.15, 0.2) is 58.4 Å². The van der Waals surface area contributed by atoms with E-state index < -0.39 is 18.2 Å². The molecule has 12 heteroatoms. The van der Waals surface area contributed by atoms with E-state index in [1.807, 2.05) is 38.1 Å². The predicted molar refractivity (Wildman–Crippen MR) is 173 cm³/mol. The van der Waals surface area contributed by atoms with Crippen LogP contribution in [-0.2, 0) is 16.7 Å². The van der Waals surface area contributed by atoms with E-state index >= 15 is 4.39 Å². The number of nitrogens with one attached hydrogen (secondary N) is 2. The zero-order valence-electron chi connectivity index (χ0n) is 25.4. The van der Waals surface area contributed by atoms with Crippen molar-refractivity contribution >= 4 is 28.5 Å². The Balaban J connectivity index is 1.21. The Morgan fingerprint density at radius 2 is 2.04 bits per heavy atom. The van der Waals surface area contributed by atoms with Gasteiger partial charge in [-0.1, -0.05) is 23.7 Å². The summed E-state index contributed by atoms with van der Waals surface area (Å²) in [6.07, 6.45) is 5.66. The Morgan fingerprint density at radius 1 is 1.27 bits per heavy atom. The van der Waals surface area contributed by atoms with Crippen molar-refractivity contribution in [2.24, 2.45) is 16.5 Å². The van der Waals surface area contributed by atoms with Gasteiger partial charge in [-0.15, -0.1) is 0 Å². The Hall–Kier alpha value is -3.64. The van der Waals surface area contributed by atoms with Crippen molar-refractivity contribution in [2.75, 3.05) is 19.8 Å². The molecule has 2 aromatic heterocycles. The molecule has 1 saturated carbocycles. The second kappa shape index (κ2) is 12.3. The molecule has 3 atom stereocenters. The Kier molecular flexibility index (Phi) is 8.55. The Bertz CT molecular complexity index is 1800. The van der Waals surface area contributed by atoms with Crippen LogP contribution >= 0.6 is 11.6 Å². The maximum absolute atomic E-state index is 15.2. The number of hydrogen-bond donors (Lipinski definition) is 4. The van der Waals surface area contributed by atoms with Gasteiger partial charge in [-0.25, -0.2) is 13.6 Å². The third-order valence-electron chi connectivity index (χ3n) is 8.62. The molecule has 1 saturated heterocycles. The number of rotatable bonds is 11. The molecule has 45 heavy (non-hydrogen) atoms. The summed E-state index contributed by atoms with van der Waals surface area (Å²) in [5, 5.41) is 4.39. The van der Waals surface area contributed by atoms with Crippen LogP contribution in [0, 0.1) is 5.82 Å². The van der Waals surface area contributed by atoms with Crippen molar-refractivity contribution in [3.8, 4) is 16.9 Å². The molecule has 6 rings (SSSR count). The van der Waals surface area contributed by atoms with Gasteiger partial charge in [-0.3, -0.25) is 14.9 Å². The first-order valence-corrected chi connectivity index (χ1v) is 15.6. The van der Waals surface area contributed by atoms with Gasteiger partial charge in [0.2, 0.25) is 0 Å². The zero-order chi connectivity index (χ0) is 31.9. The van der Waals surface area contributed by atoms with E-state index in [0.717, 1.165) is 30.4 Å². The lowest BCUT2D eigenvalue weighted by atomic mass is 9.96. The number of aromatic nitrogens is 3. The first kappa shape index (κ1) is 31.3. The number of fused-ring (bicyclic) bond motifs is 2. The second-order valence-corrected chi connectivity index (χ2v) is 13.2. The number of aryl methyl sites for hydroxylation is 1. The van der Waals surface area contributed by atoms with E-state index in [2.05, 4.69) is 20.3 Å². The van der Waals surface area contributed by atoms with Crippen molar-refractivity contribution in [3.63, 3.8) is 0 Å². The van der Waals surface area contributed by atoms with E-state index in [1.165, 1.54) is 4.57 Å². The van der Waals surface area contributed by atoms with Gasteiger partial charge in [-0.2, -0.15) is 4.98 Å². The molecule has 2 aliphatic rings. The van der Waals surface area contributed by atoms with Crippen molar-refractivity contribution in [1.82, 2.24) is 19.9 Å². The first-order chi connectivity index (χ1) is 21.5. The minimum atomic E-state index is -0.750. The summed E-state index contributed by atoms with van der Waals surface area (Å²) in [6, 6.07) is 13.0. The minimum Gasteiger partial charge on any atom is -0.385 e. The number of amidine groups is 1. The number of aromatic amines is 1. The maximum atomic E-state index is 15.2. The smallest absolute Gasteiger partial charge is 0.354 e. The van der Waals surface area contributed by atoms with E-state index in [9.17, 15) is 9.18 Å². The fourth-order valence-corrected chi connectivity index (χ4v) is 6.39. The normalized spacial score (nSPS) is 21.7. The third-order valence-corrected chi connectivity index (χ3v) is 8.89. The number of ether oxygens (including phenoxy) is 1. The molecule has 238 valence electrons. The molecule has 2 fully saturated rings. The van der Waals surface area contributed by atoms with Gasteiger partial charge in [0.15, 0.2) is 5.82 Å². The van der Waals surface area contributed by atoms with Crippen LogP contribution in [0.5, 0.6) is 0 Å². The maximum Gasteiger partial charge on any atom is 0.354 e. The molecule has 2 aromatic carbocycles. The molecule has 0 spiro atoms. The van der Waals surface area contributed by atoms with Gasteiger partial charge in [0, 0.05) is 41.7 Å². The fraction of sp³-hybridized carbons (Fsp3) is 0.424. The quantitative estimate of drug-likeness (QED) is 0.136. The van der Waals surface area contributed by atoms with Crippen LogP contribution in [0.25, 0.3) is 28.0 Å². The van der Waals surface area contributed by atoms with Crippen molar-refractivity contribution in [2.45, 2.75) is 69.2 Å². The van der Waals surface area contributed by atoms with Crippen molar-refractivity contribution < 1.29 is 13.5 Å². The molecular weight excluding hydrogens is 600 g/mol. The number of nitrogens with two attached hydrogens (primary N) is 2. The fourth-order valence-electron chi connectivity index (χ4n) is 6.15. The van der Waals surface area contributed by atoms with E-state index in [0.29, 0.717) is 54.0 Å². The summed E-state index contributed by atoms with van der Waals surface area (Å²) < 4.78 is 35.3. The largest absolute Gasteiger partial charge is 0.385 e. The summed E-state index contributed by atoms with van der Waals surface area (Å²) >= 11 is 6.28. The third kappa shape index (κ3) is 6.67. The highest BCUT2D eigenvalue weighted by molar-refractivity contribution is 6.31. The summed E-state index contributed by atoms with van der Waals surface area (Å²) in [7, 11) is 0. The minimum absolute atomic E-state index is 0.00388. The summed E-state index contributed by atoms with van der Waals surface area (Å²) in [6.45, 7) is 4.19. The lowest BCUT2D eigenvalue weighted by molar-refractivity contribution is 0.0366. The Labute approximate surface area is 265 Å². The van der Waals surface area contributed by atoms with E-state index in [-0.39, 0.29) is 34.1 Å². The molecule has 6 N–H and O–H groups in total. The molecular formula is C33H38ClF2N7O2. The molecule has 9 nitrogen and oxygen atoms in total. The molecule has 4 aromatic rings. The number of halogens is 3. The standard InChI is InChI=1S/C33H38ClF2N7O2/c1-32(2,38)10-3-4-19-12-24(29(36)25(34)13-19)26-14-20-17-43(31(44)41-30(20)40-26)23-7-5-21(6-8-23)33-15-27(33)45-18-22(42-33)9-11-39-28(37)16-35/h5-8,12-14,17,22,27,42H,3-4,9-11,15-16,18,38H2,1-2H3,(H2,37,39)(H,40,41,44)/t22-,27?,33?/m1/s1. The zero-order valence-corrected chi connectivity index (χ0v) is 26.1. The number of benzene rings is 2. The molecule has 0 bridgehead atoms. The molecule has 0 radical (unpaired) electrons. The van der Waals surface area contributed by atoms with Crippen LogP contribution < -0.4 is 22.5 Å².